The smallest absolute Gasteiger partial charge is 0.391 e. The molecule has 20 nitrogen and oxygen atoms in total. The Balaban J connectivity index is 0.632. The number of halogens is 4. The largest absolute Gasteiger partial charge is 0.501 e. The number of alkyl halides is 3. The van der Waals surface area contributed by atoms with E-state index in [2.05, 4.69) is 47.8 Å². The van der Waals surface area contributed by atoms with Gasteiger partial charge in [0.2, 0.25) is 23.6 Å². The van der Waals surface area contributed by atoms with Gasteiger partial charge < -0.3 is 40.7 Å². The number of rotatable bonds is 29. The molecule has 5 aromatic carbocycles. The number of amides is 5. The van der Waals surface area contributed by atoms with Crippen LogP contribution in [0.3, 0.4) is 0 Å². The van der Waals surface area contributed by atoms with Crippen molar-refractivity contribution in [3.05, 3.63) is 160 Å². The summed E-state index contributed by atoms with van der Waals surface area (Å²) in [4.78, 5) is 83.1. The summed E-state index contributed by atoms with van der Waals surface area (Å²) in [5.41, 5.74) is 2.52. The second-order valence-electron chi connectivity index (χ2n) is 30.1. The minimum Gasteiger partial charge on any atom is -0.391 e. The van der Waals surface area contributed by atoms with E-state index in [1.54, 1.807) is 29.0 Å². The normalized spacial score (nSPS) is 20.0. The average Bonchev–Trinajstić information content (AvgIpc) is 1.62. The number of likely N-dealkylation sites (tertiary alicyclic amines) is 3. The van der Waals surface area contributed by atoms with Crippen LogP contribution >= 0.6 is 34.7 Å². The predicted octanol–water partition coefficient (Wildman–Crippen LogP) is 12.8. The van der Waals surface area contributed by atoms with E-state index in [-0.39, 0.29) is 54.6 Å². The number of aromatic nitrogens is 1. The molecule has 11 rings (SSSR count). The van der Waals surface area contributed by atoms with Crippen molar-refractivity contribution in [3.63, 3.8) is 0 Å². The van der Waals surface area contributed by atoms with Gasteiger partial charge in [0.25, 0.3) is 25.8 Å². The van der Waals surface area contributed by atoms with Crippen molar-refractivity contribution in [3.8, 4) is 10.4 Å². The number of hydrogen-bond acceptors (Lipinski definition) is 17. The van der Waals surface area contributed by atoms with Crippen LogP contribution in [-0.2, 0) is 39.0 Å². The Hall–Kier alpha value is -7.37. The van der Waals surface area contributed by atoms with E-state index in [0.717, 1.165) is 103 Å². The standard InChI is InChI=1S/C79H98ClF3N10O10S4/c1-52(54-22-24-56(25-23-54)73-53(2)84-51-105-73)85-76(98)69-42-64(94)49-93(69)77(99)74(78(3,4)5)87-71(95)20-14-6-7-15-21-72(96)92-47-59-45-90(46-60(59)48-92)37-36-62(50-104-65-17-11-9-12-18-65)86-68-35-34-66(43-70(68)106(100,101)79(81,82)83)107(102,103)88-75(97)57-28-32-63(33-29-57)91-40-38-89(39-41-91)44-58-16-10-8-13-19-67(58)55-26-30-61(80)31-27-55/h9,11-12,17-18,22-35,43,51-52,59-60,62,64,69,74,86,94H,6-8,10,13-16,19-21,36-42,44-50H2,1-5H3,(H,85,98)(H,87,95)(H,88,97)/t52-,59?,60?,62?,64+,69-,74?/m0/s1. The van der Waals surface area contributed by atoms with E-state index in [9.17, 15) is 59.1 Å². The molecule has 7 atom stereocenters. The third-order valence-electron chi connectivity index (χ3n) is 21.3. The molecule has 107 heavy (non-hydrogen) atoms. The first-order chi connectivity index (χ1) is 51.0. The molecule has 4 saturated heterocycles. The number of benzene rings is 5. The van der Waals surface area contributed by atoms with E-state index in [0.29, 0.717) is 88.1 Å². The number of carbonyl (C=O) groups is 5. The molecule has 1 aliphatic carbocycles. The maximum atomic E-state index is 14.6. The molecule has 6 aromatic rings. The van der Waals surface area contributed by atoms with Crippen LogP contribution in [0.4, 0.5) is 24.5 Å². The van der Waals surface area contributed by atoms with Crippen molar-refractivity contribution < 1.29 is 59.1 Å². The van der Waals surface area contributed by atoms with Gasteiger partial charge in [-0.25, -0.2) is 26.5 Å². The predicted molar refractivity (Wildman–Crippen MR) is 414 cm³/mol. The quantitative estimate of drug-likeness (QED) is 0.0216. The monoisotopic (exact) mass is 1570 g/mol. The first-order valence-electron chi connectivity index (χ1n) is 37.1. The average molecular weight is 1570 g/mol. The zero-order chi connectivity index (χ0) is 76.4. The van der Waals surface area contributed by atoms with Gasteiger partial charge in [0.05, 0.1) is 38.8 Å². The van der Waals surface area contributed by atoms with Crippen LogP contribution in [0.25, 0.3) is 16.0 Å². The number of unbranched alkanes of at least 4 members (excludes halogenated alkanes) is 3. The second-order valence-corrected chi connectivity index (χ2v) is 36.1. The molecule has 1 aromatic heterocycles. The highest BCUT2D eigenvalue weighted by Crippen LogP contribution is 2.40. The van der Waals surface area contributed by atoms with E-state index in [1.165, 1.54) is 51.9 Å². The highest BCUT2D eigenvalue weighted by molar-refractivity contribution is 7.99. The molecular formula is C79H98ClF3N10O10S4. The molecule has 4 aliphatic heterocycles. The molecule has 0 radical (unpaired) electrons. The highest BCUT2D eigenvalue weighted by Gasteiger charge is 2.49. The summed E-state index contributed by atoms with van der Waals surface area (Å²) < 4.78 is 101. The molecule has 5 aliphatic rings. The van der Waals surface area contributed by atoms with Gasteiger partial charge in [0.1, 0.15) is 17.0 Å². The maximum Gasteiger partial charge on any atom is 0.501 e. The number of allylic oxidation sites excluding steroid dienone is 1. The number of aliphatic hydroxyl groups excluding tert-OH is 1. The lowest BCUT2D eigenvalue weighted by atomic mass is 9.85. The van der Waals surface area contributed by atoms with Gasteiger partial charge in [-0.2, -0.15) is 13.2 Å². The molecule has 4 fully saturated rings. The topological polar surface area (TPSA) is 251 Å². The Bertz CT molecular complexity index is 4360. The van der Waals surface area contributed by atoms with Crippen molar-refractivity contribution in [2.75, 3.05) is 88.0 Å². The maximum absolute atomic E-state index is 14.6. The fourth-order valence-electron chi connectivity index (χ4n) is 15.2. The lowest BCUT2D eigenvalue weighted by Gasteiger charge is -2.37. The van der Waals surface area contributed by atoms with Crippen LogP contribution in [0.2, 0.25) is 5.02 Å². The summed E-state index contributed by atoms with van der Waals surface area (Å²) in [7, 11) is -11.1. The van der Waals surface area contributed by atoms with Crippen LogP contribution in [0.5, 0.6) is 0 Å². The molecule has 5 heterocycles. The summed E-state index contributed by atoms with van der Waals surface area (Å²) in [6.45, 7) is 16.2. The summed E-state index contributed by atoms with van der Waals surface area (Å²) in [5.74, 6) is -1.50. The Morgan fingerprint density at radius 1 is 0.748 bits per heavy atom. The van der Waals surface area contributed by atoms with Gasteiger partial charge in [-0.3, -0.25) is 28.9 Å². The van der Waals surface area contributed by atoms with E-state index in [1.807, 2.05) is 111 Å². The first-order valence-corrected chi connectivity index (χ1v) is 42.3. The Labute approximate surface area is 640 Å². The van der Waals surface area contributed by atoms with Crippen molar-refractivity contribution in [2.45, 2.75) is 169 Å². The molecule has 576 valence electrons. The molecule has 0 spiro atoms. The molecule has 4 unspecified atom stereocenters. The highest BCUT2D eigenvalue weighted by atomic mass is 35.5. The third kappa shape index (κ3) is 20.8. The fraction of sp³-hybridized carbons (Fsp3) is 0.494. The van der Waals surface area contributed by atoms with Gasteiger partial charge in [-0.05, 0) is 165 Å². The van der Waals surface area contributed by atoms with Gasteiger partial charge in [0, 0.05) is 124 Å². The number of piperazine rings is 1. The van der Waals surface area contributed by atoms with Crippen molar-refractivity contribution in [2.24, 2.45) is 17.3 Å². The summed E-state index contributed by atoms with van der Waals surface area (Å²) >= 11 is 9.19. The van der Waals surface area contributed by atoms with E-state index >= 15 is 0 Å². The summed E-state index contributed by atoms with van der Waals surface area (Å²) in [6.07, 6.45) is 8.10. The van der Waals surface area contributed by atoms with Gasteiger partial charge in [0.15, 0.2) is 0 Å². The molecule has 28 heteroatoms. The molecule has 0 bridgehead atoms. The number of sulfonamides is 1. The zero-order valence-electron chi connectivity index (χ0n) is 61.3. The molecule has 0 saturated carbocycles. The number of thiazole rings is 1. The van der Waals surface area contributed by atoms with Crippen LogP contribution < -0.4 is 25.6 Å². The van der Waals surface area contributed by atoms with Gasteiger partial charge in [-0.15, -0.1) is 23.1 Å². The number of nitrogens with one attached hydrogen (secondary N) is 4. The summed E-state index contributed by atoms with van der Waals surface area (Å²) in [6, 6.07) is 31.1. The van der Waals surface area contributed by atoms with Crippen molar-refractivity contribution >= 4 is 101 Å². The number of β-amino-alcohol motifs (C(OH)–C–C–N with tert-alkyl or cyclic N) is 1. The fourth-order valence-corrected chi connectivity index (χ4v) is 19.2. The number of nitrogens with zero attached hydrogens (tertiary/aromatic N) is 6. The molecular weight excluding hydrogens is 1470 g/mol. The Morgan fingerprint density at radius 3 is 2.07 bits per heavy atom. The van der Waals surface area contributed by atoms with Gasteiger partial charge >= 0.3 is 5.51 Å². The third-order valence-corrected chi connectivity index (χ3v) is 26.5. The van der Waals surface area contributed by atoms with Gasteiger partial charge in [-0.1, -0.05) is 112 Å². The second kappa shape index (κ2) is 35.5. The lowest BCUT2D eigenvalue weighted by molar-refractivity contribution is -0.144. The van der Waals surface area contributed by atoms with Crippen molar-refractivity contribution in [1.29, 1.82) is 0 Å². The number of thioether (sulfide) groups is 1. The van der Waals surface area contributed by atoms with E-state index < -0.39 is 88.2 Å². The van der Waals surface area contributed by atoms with Crippen LogP contribution in [0.15, 0.2) is 147 Å². The number of hydrogen-bond donors (Lipinski definition) is 5. The number of sulfone groups is 1. The van der Waals surface area contributed by atoms with Crippen LogP contribution in [0.1, 0.15) is 144 Å². The molecule has 5 N–H and O–H groups in total. The van der Waals surface area contributed by atoms with Crippen LogP contribution in [-0.4, -0.2) is 184 Å². The zero-order valence-corrected chi connectivity index (χ0v) is 65.3. The number of anilines is 2. The molecule has 5 amide bonds. The Morgan fingerprint density at radius 2 is 1.41 bits per heavy atom. The lowest BCUT2D eigenvalue weighted by Crippen LogP contribution is -2.57. The minimum absolute atomic E-state index is 0.0301. The summed E-state index contributed by atoms with van der Waals surface area (Å²) in [5, 5.41) is 20.5. The minimum atomic E-state index is -6.17. The van der Waals surface area contributed by atoms with E-state index in [4.69, 9.17) is 11.6 Å². The SMILES string of the molecule is Cc1ncsc1-c1ccc([C@H](C)NC(=O)[C@@H]2C[C@@H](O)CN2C(=O)C(NC(=O)CCCCCCC(=O)N2CC3CN(CCC(CSc4ccccc4)Nc4ccc(S(=O)(=O)NC(=O)c5ccc(N6CCN(CC7=C(c8ccc(Cl)cc8)CCCCC7)CC6)cc5)cc4S(=O)(=O)C(F)(F)F)CC3C2)C(C)(C)C)cc1. The number of aliphatic hydroxyl groups is 1. The number of carbonyl (C=O) groups excluding carboxylic acids is 5. The number of aryl methyl sites for hydroxylation is 1. The first kappa shape index (κ1) is 80.6. The number of fused-ring (bicyclic) bond motifs is 1. The Kier molecular flexibility index (Phi) is 26.8. The van der Waals surface area contributed by atoms with Crippen molar-refractivity contribution in [1.82, 2.24) is 39.9 Å². The van der Waals surface area contributed by atoms with Crippen LogP contribution in [0, 0.1) is 24.2 Å².